The molecule has 3 fully saturated rings. The van der Waals surface area contributed by atoms with E-state index >= 15 is 0 Å². The summed E-state index contributed by atoms with van der Waals surface area (Å²) in [5.41, 5.74) is -0.640. The molecule has 7 nitrogen and oxygen atoms in total. The summed E-state index contributed by atoms with van der Waals surface area (Å²) in [6.07, 6.45) is 3.38. The zero-order valence-corrected chi connectivity index (χ0v) is 14.7. The molecular weight excluding hydrogens is 308 g/mol. The first-order valence-corrected chi connectivity index (χ1v) is 9.30. The van der Waals surface area contributed by atoms with Gasteiger partial charge in [-0.25, -0.2) is 0 Å². The van der Waals surface area contributed by atoms with E-state index in [0.717, 1.165) is 39.0 Å². The zero-order valence-electron chi connectivity index (χ0n) is 14.7. The van der Waals surface area contributed by atoms with Gasteiger partial charge in [-0.3, -0.25) is 14.5 Å². The summed E-state index contributed by atoms with van der Waals surface area (Å²) in [5.74, 6) is 0.134. The Hall–Kier alpha value is -1.18. The van der Waals surface area contributed by atoms with Gasteiger partial charge in [0, 0.05) is 26.2 Å². The van der Waals surface area contributed by atoms with E-state index < -0.39 is 11.6 Å². The maximum absolute atomic E-state index is 13.2. The van der Waals surface area contributed by atoms with Gasteiger partial charge in [-0.15, -0.1) is 0 Å². The van der Waals surface area contributed by atoms with Gasteiger partial charge in [-0.05, 0) is 32.4 Å². The van der Waals surface area contributed by atoms with Crippen molar-refractivity contribution in [2.75, 3.05) is 52.5 Å². The van der Waals surface area contributed by atoms with Gasteiger partial charge < -0.3 is 20.3 Å². The molecule has 1 unspecified atom stereocenters. The number of carbonyl (C=O) groups excluding carboxylic acids is 2. The minimum atomic E-state index is -0.640. The molecule has 0 aliphatic carbocycles. The molecule has 3 heterocycles. The number of carbonyl (C=O) groups is 2. The van der Waals surface area contributed by atoms with Crippen LogP contribution in [0, 0.1) is 0 Å². The summed E-state index contributed by atoms with van der Waals surface area (Å²) in [5, 5.41) is 6.35. The summed E-state index contributed by atoms with van der Waals surface area (Å²) >= 11 is 0. The van der Waals surface area contributed by atoms with Crippen molar-refractivity contribution in [3.63, 3.8) is 0 Å². The zero-order chi connectivity index (χ0) is 17.0. The molecule has 2 N–H and O–H groups in total. The molecule has 0 aromatic carbocycles. The second kappa shape index (κ2) is 7.80. The predicted octanol–water partition coefficient (Wildman–Crippen LogP) is -0.432. The number of nitrogens with zero attached hydrogens (tertiary/aromatic N) is 2. The van der Waals surface area contributed by atoms with Gasteiger partial charge in [0.1, 0.15) is 11.6 Å². The quantitative estimate of drug-likeness (QED) is 0.711. The lowest BCUT2D eigenvalue weighted by Gasteiger charge is -2.50. The molecule has 3 aliphatic rings. The van der Waals surface area contributed by atoms with Crippen LogP contribution in [-0.2, 0) is 14.3 Å². The van der Waals surface area contributed by atoms with Crippen molar-refractivity contribution < 1.29 is 14.3 Å². The van der Waals surface area contributed by atoms with Crippen molar-refractivity contribution in [1.29, 1.82) is 0 Å². The summed E-state index contributed by atoms with van der Waals surface area (Å²) in [4.78, 5) is 30.2. The number of unbranched alkanes of at least 4 members (excludes halogenated alkanes) is 1. The molecule has 0 bridgehead atoms. The number of hydrogen-bond acceptors (Lipinski definition) is 5. The number of morpholine rings is 1. The Morgan fingerprint density at radius 2 is 1.92 bits per heavy atom. The second-order valence-corrected chi connectivity index (χ2v) is 7.06. The van der Waals surface area contributed by atoms with E-state index in [0.29, 0.717) is 39.1 Å². The topological polar surface area (TPSA) is 73.9 Å². The highest BCUT2D eigenvalue weighted by molar-refractivity contribution is 6.00. The number of nitrogens with one attached hydrogen (secondary N) is 2. The summed E-state index contributed by atoms with van der Waals surface area (Å²) < 4.78 is 5.37. The number of piperazine rings is 1. The molecular formula is C17H30N4O3. The molecule has 1 spiro atoms. The predicted molar refractivity (Wildman–Crippen MR) is 90.6 cm³/mol. The van der Waals surface area contributed by atoms with Crippen molar-refractivity contribution in [2.24, 2.45) is 0 Å². The van der Waals surface area contributed by atoms with E-state index in [2.05, 4.69) is 22.5 Å². The van der Waals surface area contributed by atoms with Crippen LogP contribution in [0.2, 0.25) is 0 Å². The number of hydrogen-bond donors (Lipinski definition) is 2. The molecule has 3 aliphatic heterocycles. The number of amides is 2. The molecule has 24 heavy (non-hydrogen) atoms. The van der Waals surface area contributed by atoms with Gasteiger partial charge in [0.2, 0.25) is 11.8 Å². The average Bonchev–Trinajstić information content (AvgIpc) is 2.62. The summed E-state index contributed by atoms with van der Waals surface area (Å²) in [6, 6.07) is -0.423. The maximum atomic E-state index is 13.2. The number of piperidine rings is 1. The van der Waals surface area contributed by atoms with Crippen LogP contribution in [0.15, 0.2) is 0 Å². The van der Waals surface area contributed by atoms with E-state index in [1.54, 1.807) is 0 Å². The van der Waals surface area contributed by atoms with Gasteiger partial charge in [-0.1, -0.05) is 13.3 Å². The number of ether oxygens (including phenoxy) is 1. The Kier molecular flexibility index (Phi) is 5.73. The molecule has 3 rings (SSSR count). The normalized spacial score (nSPS) is 28.2. The Balaban J connectivity index is 1.75. The molecule has 136 valence electrons. The largest absolute Gasteiger partial charge is 0.379 e. The highest BCUT2D eigenvalue weighted by Crippen LogP contribution is 2.31. The van der Waals surface area contributed by atoms with Crippen LogP contribution in [0.4, 0.5) is 0 Å². The first-order chi connectivity index (χ1) is 11.7. The van der Waals surface area contributed by atoms with E-state index in [9.17, 15) is 9.59 Å². The fraction of sp³-hybridized carbons (Fsp3) is 0.882. The fourth-order valence-corrected chi connectivity index (χ4v) is 4.02. The SMILES string of the molecule is CCCCN1C(=O)C(CN2CCOCC2)NC(=O)C12CCNCC2. The third-order valence-corrected chi connectivity index (χ3v) is 5.52. The minimum Gasteiger partial charge on any atom is -0.379 e. The van der Waals surface area contributed by atoms with Crippen LogP contribution in [0.25, 0.3) is 0 Å². The third-order valence-electron chi connectivity index (χ3n) is 5.52. The number of rotatable bonds is 5. The van der Waals surface area contributed by atoms with Crippen LogP contribution in [-0.4, -0.2) is 85.7 Å². The fourth-order valence-electron chi connectivity index (χ4n) is 4.02. The van der Waals surface area contributed by atoms with Crippen molar-refractivity contribution in [3.05, 3.63) is 0 Å². The highest BCUT2D eigenvalue weighted by atomic mass is 16.5. The molecule has 3 saturated heterocycles. The molecule has 7 heteroatoms. The van der Waals surface area contributed by atoms with Gasteiger partial charge in [0.25, 0.3) is 0 Å². The van der Waals surface area contributed by atoms with E-state index in [-0.39, 0.29) is 11.8 Å². The standard InChI is InChI=1S/C17H30N4O3/c1-2-3-8-21-15(22)14(13-20-9-11-24-12-10-20)19-16(23)17(21)4-6-18-7-5-17/h14,18H,2-13H2,1H3,(H,19,23). The third kappa shape index (κ3) is 3.43. The summed E-state index contributed by atoms with van der Waals surface area (Å²) in [6.45, 7) is 8.01. The van der Waals surface area contributed by atoms with Gasteiger partial charge in [0.15, 0.2) is 0 Å². The monoisotopic (exact) mass is 338 g/mol. The Bertz CT molecular complexity index is 459. The Morgan fingerprint density at radius 3 is 2.58 bits per heavy atom. The Labute approximate surface area is 144 Å². The lowest BCUT2D eigenvalue weighted by atomic mass is 9.82. The molecule has 0 saturated carbocycles. The molecule has 0 aromatic heterocycles. The minimum absolute atomic E-state index is 0.0398. The van der Waals surface area contributed by atoms with Crippen LogP contribution in [0.5, 0.6) is 0 Å². The van der Waals surface area contributed by atoms with Crippen molar-refractivity contribution in [3.8, 4) is 0 Å². The summed E-state index contributed by atoms with van der Waals surface area (Å²) in [7, 11) is 0. The van der Waals surface area contributed by atoms with Crippen LogP contribution in [0.1, 0.15) is 32.6 Å². The van der Waals surface area contributed by atoms with Gasteiger partial charge in [-0.2, -0.15) is 0 Å². The molecule has 0 aromatic rings. The second-order valence-electron chi connectivity index (χ2n) is 7.06. The maximum Gasteiger partial charge on any atom is 0.247 e. The van der Waals surface area contributed by atoms with Gasteiger partial charge >= 0.3 is 0 Å². The first-order valence-electron chi connectivity index (χ1n) is 9.30. The van der Waals surface area contributed by atoms with E-state index in [1.165, 1.54) is 0 Å². The lowest BCUT2D eigenvalue weighted by Crippen LogP contribution is -2.74. The molecule has 2 amide bonds. The lowest BCUT2D eigenvalue weighted by molar-refractivity contribution is -0.160. The van der Waals surface area contributed by atoms with E-state index in [1.807, 2.05) is 4.90 Å². The smallest absolute Gasteiger partial charge is 0.247 e. The van der Waals surface area contributed by atoms with Crippen molar-refractivity contribution in [1.82, 2.24) is 20.4 Å². The van der Waals surface area contributed by atoms with Crippen molar-refractivity contribution >= 4 is 11.8 Å². The van der Waals surface area contributed by atoms with Crippen molar-refractivity contribution in [2.45, 2.75) is 44.2 Å². The molecule has 0 radical (unpaired) electrons. The highest BCUT2D eigenvalue weighted by Gasteiger charge is 2.52. The molecule has 1 atom stereocenters. The van der Waals surface area contributed by atoms with Gasteiger partial charge in [0.05, 0.1) is 13.2 Å². The van der Waals surface area contributed by atoms with E-state index in [4.69, 9.17) is 4.74 Å². The van der Waals surface area contributed by atoms with Crippen LogP contribution >= 0.6 is 0 Å². The first kappa shape index (κ1) is 17.6. The van der Waals surface area contributed by atoms with Crippen LogP contribution in [0.3, 0.4) is 0 Å². The van der Waals surface area contributed by atoms with Crippen LogP contribution < -0.4 is 10.6 Å². The Morgan fingerprint density at radius 1 is 1.21 bits per heavy atom. The average molecular weight is 338 g/mol.